The van der Waals surface area contributed by atoms with Gasteiger partial charge in [-0.1, -0.05) is 0 Å². The predicted octanol–water partition coefficient (Wildman–Crippen LogP) is 2.34. The van der Waals surface area contributed by atoms with Crippen LogP contribution in [0.1, 0.15) is 13.3 Å². The molecule has 0 saturated carbocycles. The summed E-state index contributed by atoms with van der Waals surface area (Å²) in [5.74, 6) is 1.79. The van der Waals surface area contributed by atoms with E-state index in [-0.39, 0.29) is 18.3 Å². The van der Waals surface area contributed by atoms with Crippen LogP contribution in [0.15, 0.2) is 36.5 Å². The number of rotatable bonds is 9. The van der Waals surface area contributed by atoms with Crippen LogP contribution in [0.5, 0.6) is 11.6 Å². The highest BCUT2D eigenvalue weighted by Gasteiger charge is 2.11. The van der Waals surface area contributed by atoms with Gasteiger partial charge in [0.15, 0.2) is 10.6 Å². The minimum atomic E-state index is -0.253. The molecule has 3 rings (SSSR count). The summed E-state index contributed by atoms with van der Waals surface area (Å²) >= 11 is 5.30. The second kappa shape index (κ2) is 9.64. The number of ether oxygens (including phenoxy) is 2. The summed E-state index contributed by atoms with van der Waals surface area (Å²) in [5, 5.41) is 7.05. The van der Waals surface area contributed by atoms with Gasteiger partial charge in [0.1, 0.15) is 5.75 Å². The first-order valence-electron chi connectivity index (χ1n) is 8.91. The number of aromatic nitrogens is 5. The van der Waals surface area contributed by atoms with E-state index in [0.29, 0.717) is 29.6 Å². The molecule has 1 amide bonds. The third-order valence-corrected chi connectivity index (χ3v) is 4.21. The number of hydrogen-bond donors (Lipinski definition) is 3. The molecule has 0 atom stereocenters. The van der Waals surface area contributed by atoms with Gasteiger partial charge in [-0.05, 0) is 43.4 Å². The molecule has 3 aromatic rings. The monoisotopic (exact) mass is 415 g/mol. The Kier molecular flexibility index (Phi) is 6.74. The van der Waals surface area contributed by atoms with E-state index in [1.54, 1.807) is 10.6 Å². The zero-order valence-corrected chi connectivity index (χ0v) is 16.8. The largest absolute Gasteiger partial charge is 0.494 e. The molecule has 11 heteroatoms. The van der Waals surface area contributed by atoms with Crippen LogP contribution in [0.3, 0.4) is 0 Å². The Morgan fingerprint density at radius 2 is 2.07 bits per heavy atom. The highest BCUT2D eigenvalue weighted by molar-refractivity contribution is 7.71. The molecule has 0 fully saturated rings. The number of anilines is 1. The van der Waals surface area contributed by atoms with E-state index >= 15 is 0 Å². The molecule has 152 valence electrons. The first kappa shape index (κ1) is 20.3. The van der Waals surface area contributed by atoms with Crippen LogP contribution < -0.4 is 20.3 Å². The zero-order valence-electron chi connectivity index (χ0n) is 16.0. The Bertz CT molecular complexity index is 1020. The first-order chi connectivity index (χ1) is 14.1. The molecular formula is C18H21N7O3S. The van der Waals surface area contributed by atoms with Gasteiger partial charge >= 0.3 is 0 Å². The second-order valence-corrected chi connectivity index (χ2v) is 6.19. The number of aromatic amines is 1. The molecule has 0 spiro atoms. The van der Waals surface area contributed by atoms with Crippen LogP contribution in [-0.4, -0.2) is 44.4 Å². The number of amides is 1. The second-order valence-electron chi connectivity index (χ2n) is 5.81. The highest BCUT2D eigenvalue weighted by Crippen LogP contribution is 2.21. The smallest absolute Gasteiger partial charge is 0.245 e. The van der Waals surface area contributed by atoms with Gasteiger partial charge < -0.3 is 9.47 Å². The van der Waals surface area contributed by atoms with E-state index < -0.39 is 0 Å². The van der Waals surface area contributed by atoms with Gasteiger partial charge in [0.05, 0.1) is 13.7 Å². The van der Waals surface area contributed by atoms with Crippen molar-refractivity contribution < 1.29 is 14.3 Å². The lowest BCUT2D eigenvalue weighted by molar-refractivity contribution is -0.120. The third-order valence-electron chi connectivity index (χ3n) is 3.90. The Hall–Kier alpha value is -3.47. The Morgan fingerprint density at radius 3 is 2.79 bits per heavy atom. The Balaban J connectivity index is 1.61. The molecule has 0 unspecified atom stereocenters. The summed E-state index contributed by atoms with van der Waals surface area (Å²) in [5.41, 5.74) is 6.07. The summed E-state index contributed by atoms with van der Waals surface area (Å²) < 4.78 is 12.7. The molecule has 0 radical (unpaired) electrons. The van der Waals surface area contributed by atoms with Gasteiger partial charge in [0, 0.05) is 30.8 Å². The zero-order chi connectivity index (χ0) is 20.6. The number of H-pyrrole nitrogens is 1. The molecule has 29 heavy (non-hydrogen) atoms. The fourth-order valence-electron chi connectivity index (χ4n) is 2.53. The normalized spacial score (nSPS) is 10.4. The van der Waals surface area contributed by atoms with E-state index in [1.807, 2.05) is 31.2 Å². The van der Waals surface area contributed by atoms with E-state index in [2.05, 4.69) is 31.0 Å². The van der Waals surface area contributed by atoms with Crippen molar-refractivity contribution in [2.75, 3.05) is 19.1 Å². The molecule has 0 bridgehead atoms. The van der Waals surface area contributed by atoms with Crippen LogP contribution in [0, 0.1) is 4.77 Å². The number of nitrogens with one attached hydrogen (secondary N) is 3. The number of hydrazine groups is 1. The summed E-state index contributed by atoms with van der Waals surface area (Å²) in [7, 11) is 1.50. The molecule has 0 aliphatic carbocycles. The molecule has 0 saturated heterocycles. The number of carbonyl (C=O) groups is 1. The van der Waals surface area contributed by atoms with Crippen molar-refractivity contribution in [3.8, 4) is 23.0 Å². The Labute approximate surface area is 172 Å². The van der Waals surface area contributed by atoms with Crippen molar-refractivity contribution in [1.82, 2.24) is 30.2 Å². The van der Waals surface area contributed by atoms with Crippen LogP contribution in [0.25, 0.3) is 11.4 Å². The average Bonchev–Trinajstić information content (AvgIpc) is 3.12. The number of hydrogen-bond acceptors (Lipinski definition) is 8. The molecule has 2 heterocycles. The maximum atomic E-state index is 12.2. The SMILES string of the molecule is CCOc1ccc(-c2n[nH]c(=S)n2CCC(=O)NNc2nccc(OC)n2)cc1. The van der Waals surface area contributed by atoms with Crippen LogP contribution in [0.2, 0.25) is 0 Å². The van der Waals surface area contributed by atoms with Gasteiger partial charge in [-0.3, -0.25) is 25.3 Å². The van der Waals surface area contributed by atoms with Gasteiger partial charge in [-0.2, -0.15) is 10.1 Å². The average molecular weight is 415 g/mol. The van der Waals surface area contributed by atoms with Gasteiger partial charge in [0.25, 0.3) is 0 Å². The summed E-state index contributed by atoms with van der Waals surface area (Å²) in [6.45, 7) is 2.88. The van der Waals surface area contributed by atoms with Gasteiger partial charge in [-0.25, -0.2) is 4.98 Å². The molecular weight excluding hydrogens is 394 g/mol. The molecule has 10 nitrogen and oxygen atoms in total. The predicted molar refractivity (Wildman–Crippen MR) is 109 cm³/mol. The van der Waals surface area contributed by atoms with E-state index in [4.69, 9.17) is 21.7 Å². The maximum absolute atomic E-state index is 12.2. The molecule has 0 aliphatic heterocycles. The highest BCUT2D eigenvalue weighted by atomic mass is 32.1. The number of carbonyl (C=O) groups excluding carboxylic acids is 1. The van der Waals surface area contributed by atoms with Crippen molar-refractivity contribution in [1.29, 1.82) is 0 Å². The van der Waals surface area contributed by atoms with E-state index in [1.165, 1.54) is 13.3 Å². The van der Waals surface area contributed by atoms with Crippen molar-refractivity contribution in [3.63, 3.8) is 0 Å². The molecule has 0 aliphatic rings. The lowest BCUT2D eigenvalue weighted by Crippen LogP contribution is -2.31. The maximum Gasteiger partial charge on any atom is 0.245 e. The van der Waals surface area contributed by atoms with Gasteiger partial charge in [0.2, 0.25) is 17.7 Å². The van der Waals surface area contributed by atoms with Crippen molar-refractivity contribution in [2.24, 2.45) is 0 Å². The molecule has 3 N–H and O–H groups in total. The topological polar surface area (TPSA) is 119 Å². The Morgan fingerprint density at radius 1 is 1.28 bits per heavy atom. The summed E-state index contributed by atoms with van der Waals surface area (Å²) in [4.78, 5) is 20.2. The van der Waals surface area contributed by atoms with Crippen LogP contribution in [0.4, 0.5) is 5.95 Å². The minimum absolute atomic E-state index is 0.175. The molecule has 1 aromatic carbocycles. The van der Waals surface area contributed by atoms with Crippen molar-refractivity contribution >= 4 is 24.1 Å². The lowest BCUT2D eigenvalue weighted by atomic mass is 10.2. The minimum Gasteiger partial charge on any atom is -0.494 e. The number of nitrogens with zero attached hydrogens (tertiary/aromatic N) is 4. The first-order valence-corrected chi connectivity index (χ1v) is 9.32. The van der Waals surface area contributed by atoms with E-state index in [0.717, 1.165) is 11.3 Å². The lowest BCUT2D eigenvalue weighted by Gasteiger charge is -2.10. The van der Waals surface area contributed by atoms with Crippen molar-refractivity contribution in [3.05, 3.63) is 41.3 Å². The fourth-order valence-corrected chi connectivity index (χ4v) is 2.75. The summed E-state index contributed by atoms with van der Waals surface area (Å²) in [6.07, 6.45) is 1.70. The van der Waals surface area contributed by atoms with E-state index in [9.17, 15) is 4.79 Å². The molecule has 2 aromatic heterocycles. The quantitative estimate of drug-likeness (QED) is 0.360. The van der Waals surface area contributed by atoms with Crippen LogP contribution in [-0.2, 0) is 11.3 Å². The standard InChI is InChI=1S/C18H21N7O3S/c1-3-28-13-6-4-12(5-7-13)16-22-24-18(29)25(16)11-9-14(26)21-23-17-19-10-8-15(20-17)27-2/h4-8,10H,3,9,11H2,1-2H3,(H,21,26)(H,24,29)(H,19,20,23). The number of methoxy groups -OCH3 is 1. The number of benzene rings is 1. The third kappa shape index (κ3) is 5.29. The van der Waals surface area contributed by atoms with Crippen molar-refractivity contribution in [2.45, 2.75) is 19.9 Å². The van der Waals surface area contributed by atoms with Gasteiger partial charge in [-0.15, -0.1) is 0 Å². The van der Waals surface area contributed by atoms with Crippen LogP contribution >= 0.6 is 12.2 Å². The fraction of sp³-hybridized carbons (Fsp3) is 0.278. The summed E-state index contributed by atoms with van der Waals surface area (Å²) in [6, 6.07) is 9.13.